The molecule has 0 bridgehead atoms. The zero-order valence-electron chi connectivity index (χ0n) is 61.0. The van der Waals surface area contributed by atoms with Gasteiger partial charge in [-0.2, -0.15) is 0 Å². The quantitative estimate of drug-likeness (QED) is 0.0199. The maximum atomic E-state index is 13.5. The molecule has 3 aliphatic rings. The molecular weight excluding hydrogens is 1250 g/mol. The number of amides is 1. The number of unbranched alkanes of at least 4 members (excludes halogenated alkanes) is 38. The monoisotopic (exact) mass is 1390 g/mol. The number of nitrogens with one attached hydrogen (secondary N) is 1. The van der Waals surface area contributed by atoms with Crippen LogP contribution in [0.25, 0.3) is 0 Å². The Morgan fingerprint density at radius 1 is 0.378 bits per heavy atom. The molecule has 0 aromatic rings. The minimum Gasteiger partial charge on any atom is -0.394 e. The third-order valence-electron chi connectivity index (χ3n) is 19.6. The van der Waals surface area contributed by atoms with Gasteiger partial charge in [0.05, 0.1) is 38.6 Å². The van der Waals surface area contributed by atoms with Gasteiger partial charge >= 0.3 is 0 Å². The highest BCUT2D eigenvalue weighted by Gasteiger charge is 2.53. The molecule has 17 atom stereocenters. The summed E-state index contributed by atoms with van der Waals surface area (Å²) < 4.78 is 34.4. The summed E-state index contributed by atoms with van der Waals surface area (Å²) in [6.45, 7) is 1.66. The van der Waals surface area contributed by atoms with E-state index in [0.29, 0.717) is 6.42 Å². The molecule has 19 heteroatoms. The lowest BCUT2D eigenvalue weighted by Gasteiger charge is -2.48. The van der Waals surface area contributed by atoms with Crippen molar-refractivity contribution in [3.8, 4) is 0 Å². The molecule has 3 rings (SSSR count). The zero-order valence-corrected chi connectivity index (χ0v) is 61.0. The van der Waals surface area contributed by atoms with Crippen LogP contribution in [0.1, 0.15) is 303 Å². The standard InChI is InChI=1S/C79H143NO18/c1-3-5-7-9-11-13-15-17-19-21-23-25-27-28-29-30-31-32-33-34-35-37-39-41-43-45-47-49-51-53-55-57-67(85)80-62(63(84)56-54-52-50-48-46-44-42-40-38-36-26-24-22-20-18-16-14-12-10-8-6-4-2)61-93-77-73(91)70(88)75(65(59-82)95-77)98-79-74(92)71(89)76(66(60-83)96-79)97-78-72(90)69(87)68(86)64(58-81)94-78/h5,7,11,13,17,19,23,25,54,56,62-66,68-79,81-84,86-92H,3-4,6,8-10,12,14-16,18,20-22,24,26-53,55,57-61H2,1-2H3,(H,80,85)/b7-5-,13-11-,19-17-,25-23-,56-54+. The number of aliphatic hydroxyl groups excluding tert-OH is 11. The maximum Gasteiger partial charge on any atom is 0.220 e. The number of allylic oxidation sites excluding steroid dienone is 9. The molecule has 572 valence electrons. The van der Waals surface area contributed by atoms with E-state index in [4.69, 9.17) is 28.4 Å². The predicted molar refractivity (Wildman–Crippen MR) is 388 cm³/mol. The van der Waals surface area contributed by atoms with Gasteiger partial charge in [0.1, 0.15) is 73.2 Å². The van der Waals surface area contributed by atoms with E-state index in [1.54, 1.807) is 6.08 Å². The number of carbonyl (C=O) groups excluding carboxylic acids is 1. The first-order chi connectivity index (χ1) is 47.8. The third kappa shape index (κ3) is 39.9. The summed E-state index contributed by atoms with van der Waals surface area (Å²) in [6, 6.07) is -0.975. The lowest BCUT2D eigenvalue weighted by atomic mass is 9.96. The van der Waals surface area contributed by atoms with E-state index in [2.05, 4.69) is 67.8 Å². The molecule has 0 aromatic carbocycles. The van der Waals surface area contributed by atoms with Crippen LogP contribution in [-0.2, 0) is 33.2 Å². The van der Waals surface area contributed by atoms with Crippen molar-refractivity contribution in [3.05, 3.63) is 60.8 Å². The molecular formula is C79H143NO18. The first kappa shape index (κ1) is 89.7. The van der Waals surface area contributed by atoms with Gasteiger partial charge < -0.3 is 89.9 Å². The molecule has 19 nitrogen and oxygen atoms in total. The lowest BCUT2D eigenvalue weighted by molar-refractivity contribution is -0.379. The van der Waals surface area contributed by atoms with E-state index in [0.717, 1.165) is 70.6 Å². The zero-order chi connectivity index (χ0) is 71.1. The Hall–Kier alpha value is -2.51. The van der Waals surface area contributed by atoms with Gasteiger partial charge in [-0.25, -0.2) is 0 Å². The highest BCUT2D eigenvalue weighted by atomic mass is 16.8. The predicted octanol–water partition coefficient (Wildman–Crippen LogP) is 12.7. The van der Waals surface area contributed by atoms with E-state index in [1.807, 2.05) is 6.08 Å². The van der Waals surface area contributed by atoms with Crippen molar-refractivity contribution in [2.24, 2.45) is 0 Å². The Balaban J connectivity index is 1.37. The number of carbonyl (C=O) groups is 1. The number of aliphatic hydroxyl groups is 11. The van der Waals surface area contributed by atoms with Gasteiger partial charge in [0.2, 0.25) is 5.91 Å². The minimum atomic E-state index is -1.98. The summed E-state index contributed by atoms with van der Waals surface area (Å²) >= 11 is 0. The van der Waals surface area contributed by atoms with Gasteiger partial charge in [-0.1, -0.05) is 299 Å². The van der Waals surface area contributed by atoms with Crippen LogP contribution in [-0.4, -0.2) is 193 Å². The molecule has 0 spiro atoms. The van der Waals surface area contributed by atoms with Crippen molar-refractivity contribution < 1.29 is 89.4 Å². The van der Waals surface area contributed by atoms with E-state index in [-0.39, 0.29) is 18.9 Å². The Morgan fingerprint density at radius 3 is 1.10 bits per heavy atom. The van der Waals surface area contributed by atoms with Gasteiger partial charge in [0, 0.05) is 6.42 Å². The van der Waals surface area contributed by atoms with Gasteiger partial charge in [0.25, 0.3) is 0 Å². The van der Waals surface area contributed by atoms with Crippen molar-refractivity contribution in [1.29, 1.82) is 0 Å². The molecule has 0 radical (unpaired) electrons. The second-order valence-electron chi connectivity index (χ2n) is 28.1. The van der Waals surface area contributed by atoms with E-state index >= 15 is 0 Å². The normalized spacial score (nSPS) is 27.1. The third-order valence-corrected chi connectivity index (χ3v) is 19.6. The lowest BCUT2D eigenvalue weighted by Crippen LogP contribution is -2.66. The smallest absolute Gasteiger partial charge is 0.220 e. The van der Waals surface area contributed by atoms with E-state index in [1.165, 1.54) is 205 Å². The van der Waals surface area contributed by atoms with Gasteiger partial charge in [-0.15, -0.1) is 0 Å². The first-order valence-corrected chi connectivity index (χ1v) is 39.5. The Bertz CT molecular complexity index is 2010. The van der Waals surface area contributed by atoms with Crippen LogP contribution >= 0.6 is 0 Å². The number of hydrogen-bond donors (Lipinski definition) is 12. The highest BCUT2D eigenvalue weighted by Crippen LogP contribution is 2.33. The van der Waals surface area contributed by atoms with Crippen LogP contribution in [0.5, 0.6) is 0 Å². The molecule has 3 fully saturated rings. The molecule has 98 heavy (non-hydrogen) atoms. The van der Waals surface area contributed by atoms with E-state index < -0.39 is 124 Å². The van der Waals surface area contributed by atoms with Crippen molar-refractivity contribution in [2.75, 3.05) is 26.4 Å². The topological polar surface area (TPSA) is 307 Å². The van der Waals surface area contributed by atoms with Crippen LogP contribution < -0.4 is 5.32 Å². The van der Waals surface area contributed by atoms with Crippen molar-refractivity contribution in [3.63, 3.8) is 0 Å². The molecule has 0 aliphatic carbocycles. The Labute approximate surface area is 592 Å². The SMILES string of the molecule is CC/C=C\C/C=C\C/C=C\C/C=C\CCCCCCCCCCCCCCCCCCCCC(=O)NC(COC1OC(CO)C(OC2OC(CO)C(OC3OC(CO)C(O)C(O)C3O)C(O)C2O)C(O)C1O)C(O)/C=C/CCCCCCCCCCCCCCCCCCCCCC. The fourth-order valence-corrected chi connectivity index (χ4v) is 13.2. The summed E-state index contributed by atoms with van der Waals surface area (Å²) in [5.74, 6) is -0.272. The van der Waals surface area contributed by atoms with Crippen LogP contribution in [0.4, 0.5) is 0 Å². The molecule has 12 N–H and O–H groups in total. The molecule has 3 aliphatic heterocycles. The van der Waals surface area contributed by atoms with Crippen LogP contribution in [0.3, 0.4) is 0 Å². The summed E-state index contributed by atoms with van der Waals surface area (Å²) in [4.78, 5) is 13.5. The summed E-state index contributed by atoms with van der Waals surface area (Å²) in [6.07, 6.45) is 49.1. The minimum absolute atomic E-state index is 0.244. The molecule has 0 saturated carbocycles. The molecule has 17 unspecified atom stereocenters. The summed E-state index contributed by atoms with van der Waals surface area (Å²) in [5.41, 5.74) is 0. The number of rotatable bonds is 62. The molecule has 3 saturated heterocycles. The second-order valence-corrected chi connectivity index (χ2v) is 28.1. The Kier molecular flexibility index (Phi) is 54.8. The van der Waals surface area contributed by atoms with Crippen molar-refractivity contribution >= 4 is 5.91 Å². The molecule has 0 aromatic heterocycles. The van der Waals surface area contributed by atoms with Crippen molar-refractivity contribution in [1.82, 2.24) is 5.32 Å². The second kappa shape index (κ2) is 59.8. The van der Waals surface area contributed by atoms with Gasteiger partial charge in [-0.3, -0.25) is 4.79 Å². The fourth-order valence-electron chi connectivity index (χ4n) is 13.2. The van der Waals surface area contributed by atoms with Gasteiger partial charge in [-0.05, 0) is 57.8 Å². The molecule has 3 heterocycles. The van der Waals surface area contributed by atoms with E-state index in [9.17, 15) is 61.0 Å². The van der Waals surface area contributed by atoms with Crippen LogP contribution in [0.15, 0.2) is 60.8 Å². The summed E-state index contributed by atoms with van der Waals surface area (Å²) in [7, 11) is 0. The molecule has 1 amide bonds. The largest absolute Gasteiger partial charge is 0.394 e. The van der Waals surface area contributed by atoms with Crippen molar-refractivity contribution in [2.45, 2.75) is 407 Å². The van der Waals surface area contributed by atoms with Crippen LogP contribution in [0.2, 0.25) is 0 Å². The number of hydrogen-bond acceptors (Lipinski definition) is 18. The fraction of sp³-hybridized carbons (Fsp3) is 0.861. The van der Waals surface area contributed by atoms with Crippen LogP contribution in [0, 0.1) is 0 Å². The highest BCUT2D eigenvalue weighted by molar-refractivity contribution is 5.76. The number of ether oxygens (including phenoxy) is 6. The van der Waals surface area contributed by atoms with Gasteiger partial charge in [0.15, 0.2) is 18.9 Å². The average molecular weight is 1400 g/mol. The first-order valence-electron chi connectivity index (χ1n) is 39.5. The summed E-state index contributed by atoms with van der Waals surface area (Å²) in [5, 5.41) is 121. The average Bonchev–Trinajstić information content (AvgIpc) is 0.785. The maximum absolute atomic E-state index is 13.5. The Morgan fingerprint density at radius 2 is 0.704 bits per heavy atom.